The summed E-state index contributed by atoms with van der Waals surface area (Å²) < 4.78 is 0. The van der Waals surface area contributed by atoms with Crippen molar-refractivity contribution in [1.82, 2.24) is 4.90 Å². The predicted molar refractivity (Wildman–Crippen MR) is 44.9 cm³/mol. The van der Waals surface area contributed by atoms with Crippen LogP contribution < -0.4 is 0 Å². The Bertz CT molecular complexity index is 146. The molecule has 1 aliphatic rings. The van der Waals surface area contributed by atoms with E-state index in [1.807, 2.05) is 4.90 Å². The predicted octanol–water partition coefficient (Wildman–Crippen LogP) is 2.12. The van der Waals surface area contributed by atoms with Gasteiger partial charge in [0.1, 0.15) is 0 Å². The summed E-state index contributed by atoms with van der Waals surface area (Å²) in [5.74, 6) is 0. The molecule has 1 atom stereocenters. The normalized spacial score (nSPS) is 24.7. The summed E-state index contributed by atoms with van der Waals surface area (Å²) in [6.45, 7) is 3.17. The fourth-order valence-corrected chi connectivity index (χ4v) is 1.77. The molecule has 1 rings (SSSR count). The summed E-state index contributed by atoms with van der Waals surface area (Å²) in [6, 6.07) is 0.554. The molecular formula is C9H16N2. The monoisotopic (exact) mass is 152 g/mol. The Morgan fingerprint density at radius 2 is 2.36 bits per heavy atom. The SMILES string of the molecule is CCCC1CCCCN1C#N. The van der Waals surface area contributed by atoms with Gasteiger partial charge in [-0.25, -0.2) is 0 Å². The van der Waals surface area contributed by atoms with E-state index < -0.39 is 0 Å². The molecule has 1 unspecified atom stereocenters. The maximum atomic E-state index is 8.76. The molecule has 1 heterocycles. The third-order valence-electron chi connectivity index (χ3n) is 2.38. The van der Waals surface area contributed by atoms with Gasteiger partial charge >= 0.3 is 0 Å². The Balaban J connectivity index is 2.39. The van der Waals surface area contributed by atoms with E-state index in [0.29, 0.717) is 6.04 Å². The second-order valence-corrected chi connectivity index (χ2v) is 3.23. The van der Waals surface area contributed by atoms with Crippen molar-refractivity contribution >= 4 is 0 Å². The van der Waals surface area contributed by atoms with Crippen LogP contribution in [0.4, 0.5) is 0 Å². The molecule has 0 aromatic carbocycles. The van der Waals surface area contributed by atoms with E-state index in [-0.39, 0.29) is 0 Å². The highest BCUT2D eigenvalue weighted by Gasteiger charge is 2.19. The molecular weight excluding hydrogens is 136 g/mol. The van der Waals surface area contributed by atoms with E-state index in [2.05, 4.69) is 13.1 Å². The highest BCUT2D eigenvalue weighted by atomic mass is 15.1. The van der Waals surface area contributed by atoms with Crippen molar-refractivity contribution < 1.29 is 0 Å². The second-order valence-electron chi connectivity index (χ2n) is 3.23. The van der Waals surface area contributed by atoms with Gasteiger partial charge in [0.2, 0.25) is 0 Å². The summed E-state index contributed by atoms with van der Waals surface area (Å²) in [4.78, 5) is 1.95. The van der Waals surface area contributed by atoms with Gasteiger partial charge in [0, 0.05) is 12.6 Å². The first-order chi connectivity index (χ1) is 5.38. The molecule has 0 N–H and O–H groups in total. The second kappa shape index (κ2) is 4.23. The molecule has 0 aromatic heterocycles. The van der Waals surface area contributed by atoms with Crippen LogP contribution in [0.1, 0.15) is 39.0 Å². The van der Waals surface area contributed by atoms with E-state index in [0.717, 1.165) is 6.54 Å². The Kier molecular flexibility index (Phi) is 3.22. The molecule has 2 heteroatoms. The van der Waals surface area contributed by atoms with Gasteiger partial charge < -0.3 is 4.90 Å². The van der Waals surface area contributed by atoms with Crippen molar-refractivity contribution in [2.75, 3.05) is 6.54 Å². The molecule has 11 heavy (non-hydrogen) atoms. The maximum absolute atomic E-state index is 8.76. The van der Waals surface area contributed by atoms with E-state index in [9.17, 15) is 0 Å². The summed E-state index contributed by atoms with van der Waals surface area (Å²) in [5.41, 5.74) is 0. The summed E-state index contributed by atoms with van der Waals surface area (Å²) in [5, 5.41) is 8.76. The quantitative estimate of drug-likeness (QED) is 0.567. The molecule has 0 amide bonds. The van der Waals surface area contributed by atoms with Crippen LogP contribution >= 0.6 is 0 Å². The van der Waals surface area contributed by atoms with Crippen molar-refractivity contribution in [3.63, 3.8) is 0 Å². The zero-order chi connectivity index (χ0) is 8.10. The Morgan fingerprint density at radius 3 is 3.00 bits per heavy atom. The van der Waals surface area contributed by atoms with Crippen molar-refractivity contribution in [3.05, 3.63) is 0 Å². The Morgan fingerprint density at radius 1 is 1.55 bits per heavy atom. The molecule has 0 aromatic rings. The Labute approximate surface area is 68.8 Å². The summed E-state index contributed by atoms with van der Waals surface area (Å²) in [7, 11) is 0. The van der Waals surface area contributed by atoms with Crippen LogP contribution in [0.15, 0.2) is 0 Å². The minimum atomic E-state index is 0.554. The van der Waals surface area contributed by atoms with Crippen LogP contribution in [0.5, 0.6) is 0 Å². The van der Waals surface area contributed by atoms with Crippen molar-refractivity contribution in [2.45, 2.75) is 45.1 Å². The van der Waals surface area contributed by atoms with E-state index in [1.165, 1.54) is 32.1 Å². The first-order valence-electron chi connectivity index (χ1n) is 4.55. The molecule has 0 aliphatic carbocycles. The number of likely N-dealkylation sites (tertiary alicyclic amines) is 1. The van der Waals surface area contributed by atoms with E-state index >= 15 is 0 Å². The molecule has 1 saturated heterocycles. The number of nitrogens with zero attached hydrogens (tertiary/aromatic N) is 2. The average Bonchev–Trinajstić information content (AvgIpc) is 2.06. The van der Waals surface area contributed by atoms with Crippen LogP contribution in [0.2, 0.25) is 0 Å². The third-order valence-corrected chi connectivity index (χ3v) is 2.38. The van der Waals surface area contributed by atoms with Crippen LogP contribution in [0.25, 0.3) is 0 Å². The number of hydrogen-bond acceptors (Lipinski definition) is 2. The van der Waals surface area contributed by atoms with Crippen molar-refractivity contribution in [3.8, 4) is 6.19 Å². The van der Waals surface area contributed by atoms with Crippen molar-refractivity contribution in [1.29, 1.82) is 5.26 Å². The third kappa shape index (κ3) is 2.11. The minimum Gasteiger partial charge on any atom is -0.308 e. The average molecular weight is 152 g/mol. The van der Waals surface area contributed by atoms with Gasteiger partial charge in [0.15, 0.2) is 6.19 Å². The topological polar surface area (TPSA) is 27.0 Å². The number of nitriles is 1. The summed E-state index contributed by atoms with van der Waals surface area (Å²) >= 11 is 0. The molecule has 2 nitrogen and oxygen atoms in total. The van der Waals surface area contributed by atoms with Gasteiger partial charge in [-0.3, -0.25) is 0 Å². The van der Waals surface area contributed by atoms with Gasteiger partial charge in [-0.05, 0) is 25.7 Å². The fourth-order valence-electron chi connectivity index (χ4n) is 1.77. The van der Waals surface area contributed by atoms with Gasteiger partial charge in [0.25, 0.3) is 0 Å². The molecule has 0 bridgehead atoms. The smallest absolute Gasteiger partial charge is 0.179 e. The first kappa shape index (κ1) is 8.39. The number of piperidine rings is 1. The molecule has 62 valence electrons. The van der Waals surface area contributed by atoms with E-state index in [4.69, 9.17) is 5.26 Å². The fraction of sp³-hybridized carbons (Fsp3) is 0.889. The van der Waals surface area contributed by atoms with Gasteiger partial charge in [-0.1, -0.05) is 13.3 Å². The van der Waals surface area contributed by atoms with Crippen LogP contribution in [0, 0.1) is 11.5 Å². The standard InChI is InChI=1S/C9H16N2/c1-2-5-9-6-3-4-7-11(9)8-10/h9H,2-7H2,1H3. The lowest BCUT2D eigenvalue weighted by atomic mass is 9.99. The zero-order valence-corrected chi connectivity index (χ0v) is 7.21. The first-order valence-corrected chi connectivity index (χ1v) is 4.55. The van der Waals surface area contributed by atoms with Crippen LogP contribution in [-0.2, 0) is 0 Å². The van der Waals surface area contributed by atoms with E-state index in [1.54, 1.807) is 0 Å². The molecule has 1 fully saturated rings. The Hall–Kier alpha value is -0.710. The number of hydrogen-bond donors (Lipinski definition) is 0. The lowest BCUT2D eigenvalue weighted by molar-refractivity contribution is 0.212. The number of rotatable bonds is 2. The largest absolute Gasteiger partial charge is 0.308 e. The molecule has 0 saturated carbocycles. The molecule has 0 radical (unpaired) electrons. The van der Waals surface area contributed by atoms with Gasteiger partial charge in [-0.15, -0.1) is 0 Å². The van der Waals surface area contributed by atoms with Crippen molar-refractivity contribution in [2.24, 2.45) is 0 Å². The van der Waals surface area contributed by atoms with Crippen LogP contribution in [0.3, 0.4) is 0 Å². The molecule has 1 aliphatic heterocycles. The maximum Gasteiger partial charge on any atom is 0.179 e. The lowest BCUT2D eigenvalue weighted by Gasteiger charge is -2.30. The molecule has 0 spiro atoms. The minimum absolute atomic E-state index is 0.554. The van der Waals surface area contributed by atoms with Gasteiger partial charge in [-0.2, -0.15) is 5.26 Å². The van der Waals surface area contributed by atoms with Crippen LogP contribution in [-0.4, -0.2) is 17.5 Å². The zero-order valence-electron chi connectivity index (χ0n) is 7.21. The summed E-state index contributed by atoms with van der Waals surface area (Å²) in [6.07, 6.45) is 8.39. The highest BCUT2D eigenvalue weighted by Crippen LogP contribution is 2.19. The highest BCUT2D eigenvalue weighted by molar-refractivity contribution is 4.85. The lowest BCUT2D eigenvalue weighted by Crippen LogP contribution is -2.35. The van der Waals surface area contributed by atoms with Gasteiger partial charge in [0.05, 0.1) is 0 Å².